The van der Waals surface area contributed by atoms with Crippen molar-refractivity contribution in [2.45, 2.75) is 44.9 Å². The zero-order valence-corrected chi connectivity index (χ0v) is 11.9. The van der Waals surface area contributed by atoms with Gasteiger partial charge in [0.2, 0.25) is 10.0 Å². The summed E-state index contributed by atoms with van der Waals surface area (Å²) in [7, 11) is -3.02. The quantitative estimate of drug-likeness (QED) is 0.764. The molecular formula is C12H24N2O2S. The molecule has 0 aromatic heterocycles. The summed E-state index contributed by atoms with van der Waals surface area (Å²) in [6, 6.07) is 0.461. The molecule has 2 saturated heterocycles. The van der Waals surface area contributed by atoms with Crippen LogP contribution in [0.1, 0.15) is 33.6 Å². The molecule has 17 heavy (non-hydrogen) atoms. The van der Waals surface area contributed by atoms with Crippen LogP contribution in [0.25, 0.3) is 0 Å². The second-order valence-electron chi connectivity index (χ2n) is 5.80. The smallest absolute Gasteiger partial charge is 0.219 e. The molecule has 0 radical (unpaired) electrons. The summed E-state index contributed by atoms with van der Waals surface area (Å²) in [5.41, 5.74) is 0. The van der Waals surface area contributed by atoms with Crippen molar-refractivity contribution in [1.82, 2.24) is 9.21 Å². The van der Waals surface area contributed by atoms with E-state index >= 15 is 0 Å². The highest BCUT2D eigenvalue weighted by Gasteiger charge is 2.42. The van der Waals surface area contributed by atoms with E-state index in [0.717, 1.165) is 25.9 Å². The van der Waals surface area contributed by atoms with Crippen LogP contribution in [0.2, 0.25) is 0 Å². The van der Waals surface area contributed by atoms with Gasteiger partial charge in [0.05, 0.1) is 0 Å². The fourth-order valence-electron chi connectivity index (χ4n) is 2.53. The first-order chi connectivity index (χ1) is 7.91. The van der Waals surface area contributed by atoms with E-state index in [4.69, 9.17) is 0 Å². The molecule has 0 bridgehead atoms. The minimum absolute atomic E-state index is 0.154. The minimum Gasteiger partial charge on any atom is -0.298 e. The molecule has 0 N–H and O–H groups in total. The Balaban J connectivity index is 1.92. The molecule has 100 valence electrons. The fourth-order valence-corrected chi connectivity index (χ4v) is 4.43. The molecular weight excluding hydrogens is 236 g/mol. The fraction of sp³-hybridized carbons (Fsp3) is 1.00. The van der Waals surface area contributed by atoms with E-state index in [0.29, 0.717) is 25.0 Å². The Morgan fingerprint density at radius 2 is 1.65 bits per heavy atom. The van der Waals surface area contributed by atoms with Gasteiger partial charge in [0.15, 0.2) is 0 Å². The number of sulfonamides is 1. The van der Waals surface area contributed by atoms with E-state index in [9.17, 15) is 8.42 Å². The molecule has 4 nitrogen and oxygen atoms in total. The van der Waals surface area contributed by atoms with Crippen LogP contribution in [0.3, 0.4) is 0 Å². The second kappa shape index (κ2) is 4.86. The number of rotatable bonds is 3. The van der Waals surface area contributed by atoms with Crippen LogP contribution >= 0.6 is 0 Å². The number of nitrogens with zero attached hydrogens (tertiary/aromatic N) is 2. The minimum atomic E-state index is -3.02. The van der Waals surface area contributed by atoms with Crippen molar-refractivity contribution in [1.29, 1.82) is 0 Å². The molecule has 0 atom stereocenters. The normalized spacial score (nSPS) is 26.4. The van der Waals surface area contributed by atoms with Gasteiger partial charge in [0.1, 0.15) is 5.25 Å². The molecule has 0 aliphatic carbocycles. The number of likely N-dealkylation sites (tertiary alicyclic amines) is 1. The molecule has 2 rings (SSSR count). The Hall–Kier alpha value is -0.130. The van der Waals surface area contributed by atoms with E-state index in [1.165, 1.54) is 0 Å². The van der Waals surface area contributed by atoms with Crippen molar-refractivity contribution in [3.05, 3.63) is 0 Å². The molecule has 0 saturated carbocycles. The Labute approximate surface area is 105 Å². The zero-order chi connectivity index (χ0) is 12.6. The predicted octanol–water partition coefficient (Wildman–Crippen LogP) is 1.14. The summed E-state index contributed by atoms with van der Waals surface area (Å²) < 4.78 is 26.4. The summed E-state index contributed by atoms with van der Waals surface area (Å²) in [6.07, 6.45) is 2.03. The Morgan fingerprint density at radius 1 is 1.12 bits per heavy atom. The van der Waals surface area contributed by atoms with E-state index in [2.05, 4.69) is 25.7 Å². The topological polar surface area (TPSA) is 40.6 Å². The summed E-state index contributed by atoms with van der Waals surface area (Å²) >= 11 is 0. The van der Waals surface area contributed by atoms with Crippen LogP contribution in [-0.4, -0.2) is 55.1 Å². The van der Waals surface area contributed by atoms with Crippen molar-refractivity contribution in [2.75, 3.05) is 26.2 Å². The molecule has 0 amide bonds. The van der Waals surface area contributed by atoms with E-state index in [1.807, 2.05) is 0 Å². The molecule has 0 aromatic rings. The highest BCUT2D eigenvalue weighted by Crippen LogP contribution is 2.26. The van der Waals surface area contributed by atoms with Gasteiger partial charge in [-0.25, -0.2) is 12.7 Å². The molecule has 2 aliphatic heterocycles. The van der Waals surface area contributed by atoms with Crippen LogP contribution in [0.15, 0.2) is 0 Å². The SMILES string of the molecule is CC1CCN(S(=O)(=O)C2CN(C(C)C)C2)CC1. The number of hydrogen-bond donors (Lipinski definition) is 0. The first kappa shape index (κ1) is 13.3. The first-order valence-corrected chi connectivity index (χ1v) is 8.14. The van der Waals surface area contributed by atoms with Crippen LogP contribution in [-0.2, 0) is 10.0 Å². The second-order valence-corrected chi connectivity index (χ2v) is 8.01. The monoisotopic (exact) mass is 260 g/mol. The van der Waals surface area contributed by atoms with Crippen LogP contribution in [0.5, 0.6) is 0 Å². The van der Waals surface area contributed by atoms with Gasteiger partial charge >= 0.3 is 0 Å². The molecule has 5 heteroatoms. The van der Waals surface area contributed by atoms with E-state index in [-0.39, 0.29) is 5.25 Å². The van der Waals surface area contributed by atoms with Crippen LogP contribution in [0.4, 0.5) is 0 Å². The summed E-state index contributed by atoms with van der Waals surface area (Å²) in [5.74, 6) is 0.676. The van der Waals surface area contributed by atoms with E-state index in [1.54, 1.807) is 4.31 Å². The Kier molecular flexibility index (Phi) is 3.80. The molecule has 2 fully saturated rings. The van der Waals surface area contributed by atoms with Crippen molar-refractivity contribution < 1.29 is 8.42 Å². The van der Waals surface area contributed by atoms with Gasteiger partial charge in [-0.05, 0) is 32.6 Å². The van der Waals surface area contributed by atoms with Gasteiger partial charge in [-0.15, -0.1) is 0 Å². The Morgan fingerprint density at radius 3 is 2.12 bits per heavy atom. The number of hydrogen-bond acceptors (Lipinski definition) is 3. The lowest BCUT2D eigenvalue weighted by molar-refractivity contribution is 0.137. The van der Waals surface area contributed by atoms with Crippen molar-refractivity contribution >= 4 is 10.0 Å². The molecule has 2 heterocycles. The predicted molar refractivity (Wildman–Crippen MR) is 69.4 cm³/mol. The lowest BCUT2D eigenvalue weighted by Crippen LogP contribution is -2.60. The summed E-state index contributed by atoms with van der Waals surface area (Å²) in [6.45, 7) is 9.31. The standard InChI is InChI=1S/C12H24N2O2S/c1-10(2)13-8-12(9-13)17(15,16)14-6-4-11(3)5-7-14/h10-12H,4-9H2,1-3H3. The van der Waals surface area contributed by atoms with Crippen molar-refractivity contribution in [2.24, 2.45) is 5.92 Å². The summed E-state index contributed by atoms with van der Waals surface area (Å²) in [5, 5.41) is -0.154. The molecule has 0 spiro atoms. The summed E-state index contributed by atoms with van der Waals surface area (Å²) in [4.78, 5) is 2.22. The van der Waals surface area contributed by atoms with Crippen LogP contribution in [0, 0.1) is 5.92 Å². The van der Waals surface area contributed by atoms with Crippen molar-refractivity contribution in [3.63, 3.8) is 0 Å². The van der Waals surface area contributed by atoms with Gasteiger partial charge in [-0.1, -0.05) is 6.92 Å². The van der Waals surface area contributed by atoms with Gasteiger partial charge in [-0.2, -0.15) is 0 Å². The van der Waals surface area contributed by atoms with Crippen molar-refractivity contribution in [3.8, 4) is 0 Å². The lowest BCUT2D eigenvalue weighted by atomic mass is 10.0. The Bertz CT molecular complexity index is 353. The van der Waals surface area contributed by atoms with Gasteiger partial charge in [0, 0.05) is 32.2 Å². The zero-order valence-electron chi connectivity index (χ0n) is 11.1. The molecule has 2 aliphatic rings. The molecule has 0 unspecified atom stereocenters. The maximum Gasteiger partial charge on any atom is 0.219 e. The third kappa shape index (κ3) is 2.66. The lowest BCUT2D eigenvalue weighted by Gasteiger charge is -2.44. The highest BCUT2D eigenvalue weighted by molar-refractivity contribution is 7.89. The maximum atomic E-state index is 12.3. The van der Waals surface area contributed by atoms with Crippen LogP contribution < -0.4 is 0 Å². The average molecular weight is 260 g/mol. The van der Waals surface area contributed by atoms with E-state index < -0.39 is 10.0 Å². The number of piperidine rings is 1. The van der Waals surface area contributed by atoms with Gasteiger partial charge < -0.3 is 0 Å². The first-order valence-electron chi connectivity index (χ1n) is 6.64. The third-order valence-electron chi connectivity index (χ3n) is 4.13. The van der Waals surface area contributed by atoms with Gasteiger partial charge in [0.25, 0.3) is 0 Å². The highest BCUT2D eigenvalue weighted by atomic mass is 32.2. The average Bonchev–Trinajstić information content (AvgIpc) is 2.14. The van der Waals surface area contributed by atoms with Gasteiger partial charge in [-0.3, -0.25) is 4.90 Å². The molecule has 0 aromatic carbocycles. The largest absolute Gasteiger partial charge is 0.298 e. The maximum absolute atomic E-state index is 12.3. The third-order valence-corrected chi connectivity index (χ3v) is 6.36.